The van der Waals surface area contributed by atoms with Crippen molar-refractivity contribution in [1.82, 2.24) is 0 Å². The molecule has 10 nitrogen and oxygen atoms in total. The predicted molar refractivity (Wildman–Crippen MR) is 238 cm³/mol. The Morgan fingerprint density at radius 2 is 0.949 bits per heavy atom. The van der Waals surface area contributed by atoms with Gasteiger partial charge in [-0.25, -0.2) is 0 Å². The summed E-state index contributed by atoms with van der Waals surface area (Å²) in [5, 5.41) is 40.1. The highest BCUT2D eigenvalue weighted by Gasteiger charge is 2.44. The Bertz CT molecular complexity index is 1190. The lowest BCUT2D eigenvalue weighted by Gasteiger charge is -2.39. The van der Waals surface area contributed by atoms with Crippen molar-refractivity contribution in [2.24, 2.45) is 0 Å². The highest BCUT2D eigenvalue weighted by atomic mass is 16.7. The molecular formula is C49H82O10. The molecule has 0 aromatic heterocycles. The van der Waals surface area contributed by atoms with Gasteiger partial charge in [0.1, 0.15) is 31.0 Å². The van der Waals surface area contributed by atoms with Gasteiger partial charge >= 0.3 is 11.9 Å². The van der Waals surface area contributed by atoms with Crippen LogP contribution in [-0.2, 0) is 28.5 Å². The van der Waals surface area contributed by atoms with Gasteiger partial charge in [0, 0.05) is 12.8 Å². The SMILES string of the molecule is CCCCC/C=C/C/C=C/C/C=C/C/C=C/CCCCCC(=O)OC[C@@H](CO[C@H]1O[C@@H](CO)[C@@H](O)C(O)C1O)OC(=O)CCCC/C=C/C/C=C/CCCCCCCC. The van der Waals surface area contributed by atoms with Crippen LogP contribution in [0.5, 0.6) is 0 Å². The lowest BCUT2D eigenvalue weighted by Crippen LogP contribution is -2.59. The third-order valence-electron chi connectivity index (χ3n) is 10.1. The first kappa shape index (κ1) is 54.2. The predicted octanol–water partition coefficient (Wildman–Crippen LogP) is 10.00. The second kappa shape index (κ2) is 39.3. The van der Waals surface area contributed by atoms with Gasteiger partial charge in [0.2, 0.25) is 0 Å². The number of aliphatic hydroxyl groups is 4. The molecule has 0 radical (unpaired) electrons. The molecule has 10 heteroatoms. The van der Waals surface area contributed by atoms with Crippen molar-refractivity contribution in [3.8, 4) is 0 Å². The molecule has 2 unspecified atom stereocenters. The van der Waals surface area contributed by atoms with Crippen LogP contribution in [0.3, 0.4) is 0 Å². The first-order chi connectivity index (χ1) is 28.8. The van der Waals surface area contributed by atoms with E-state index >= 15 is 0 Å². The Hall–Kier alpha value is -2.86. The normalized spacial score (nSPS) is 20.7. The lowest BCUT2D eigenvalue weighted by molar-refractivity contribution is -0.305. The van der Waals surface area contributed by atoms with Gasteiger partial charge in [-0.3, -0.25) is 9.59 Å². The van der Waals surface area contributed by atoms with Crippen LogP contribution in [0.2, 0.25) is 0 Å². The van der Waals surface area contributed by atoms with Crippen LogP contribution in [0.15, 0.2) is 72.9 Å². The molecule has 0 aromatic carbocycles. The summed E-state index contributed by atoms with van der Waals surface area (Å²) in [5.74, 6) is -0.887. The number of esters is 2. The molecule has 338 valence electrons. The third kappa shape index (κ3) is 30.8. The molecule has 59 heavy (non-hydrogen) atoms. The molecule has 6 atom stereocenters. The van der Waals surface area contributed by atoms with Gasteiger partial charge in [-0.15, -0.1) is 0 Å². The second-order valence-electron chi connectivity index (χ2n) is 15.5. The van der Waals surface area contributed by atoms with Crippen molar-refractivity contribution in [2.75, 3.05) is 19.8 Å². The van der Waals surface area contributed by atoms with Gasteiger partial charge in [0.15, 0.2) is 12.4 Å². The number of rotatable bonds is 37. The number of aliphatic hydroxyl groups excluding tert-OH is 4. The monoisotopic (exact) mass is 831 g/mol. The molecule has 0 amide bonds. The van der Waals surface area contributed by atoms with E-state index in [-0.39, 0.29) is 26.1 Å². The largest absolute Gasteiger partial charge is 0.462 e. The molecule has 0 aromatic rings. The standard InChI is InChI=1S/C49H82O10/c1-3-5-7-9-11-13-15-17-19-20-21-22-24-25-27-29-31-33-35-37-44(51)56-40-42(41-57-49-48(55)47(54)46(53)43(39-50)59-49)58-45(52)38-36-34-32-30-28-26-23-18-16-14-12-10-8-6-4-2/h11,13,17-19,21-23,25,27-28,30,42-43,46-50,53-55H,3-10,12,14-16,20,24,26,29,31-41H2,1-2H3/b13-11+,19-17+,22-21+,23-18+,27-25+,30-28+/t42-,43-,46+,47?,48?,49-/m0/s1. The van der Waals surface area contributed by atoms with Crippen LogP contribution in [0.25, 0.3) is 0 Å². The molecule has 1 aliphatic heterocycles. The smallest absolute Gasteiger partial charge is 0.306 e. The van der Waals surface area contributed by atoms with E-state index in [9.17, 15) is 30.0 Å². The van der Waals surface area contributed by atoms with E-state index < -0.39 is 55.4 Å². The van der Waals surface area contributed by atoms with E-state index in [1.165, 1.54) is 64.2 Å². The highest BCUT2D eigenvalue weighted by molar-refractivity contribution is 5.70. The third-order valence-corrected chi connectivity index (χ3v) is 10.1. The molecule has 4 N–H and O–H groups in total. The Labute approximate surface area is 357 Å². The number of hydrogen-bond donors (Lipinski definition) is 4. The van der Waals surface area contributed by atoms with Gasteiger partial charge in [-0.05, 0) is 89.9 Å². The van der Waals surface area contributed by atoms with Gasteiger partial charge in [0.25, 0.3) is 0 Å². The Balaban J connectivity index is 2.38. The van der Waals surface area contributed by atoms with Crippen LogP contribution >= 0.6 is 0 Å². The maximum absolute atomic E-state index is 12.8. The van der Waals surface area contributed by atoms with E-state index in [4.69, 9.17) is 18.9 Å². The Morgan fingerprint density at radius 1 is 0.525 bits per heavy atom. The fourth-order valence-corrected chi connectivity index (χ4v) is 6.38. The van der Waals surface area contributed by atoms with Crippen molar-refractivity contribution in [2.45, 2.75) is 205 Å². The van der Waals surface area contributed by atoms with E-state index in [1.54, 1.807) is 0 Å². The van der Waals surface area contributed by atoms with E-state index in [1.807, 2.05) is 0 Å². The maximum Gasteiger partial charge on any atom is 0.306 e. The minimum atomic E-state index is -1.61. The van der Waals surface area contributed by atoms with Gasteiger partial charge in [-0.2, -0.15) is 0 Å². The average molecular weight is 831 g/mol. The highest BCUT2D eigenvalue weighted by Crippen LogP contribution is 2.22. The molecule has 1 rings (SSSR count). The number of unbranched alkanes of at least 4 members (excludes halogenated alkanes) is 14. The van der Waals surface area contributed by atoms with Crippen molar-refractivity contribution in [1.29, 1.82) is 0 Å². The van der Waals surface area contributed by atoms with Gasteiger partial charge < -0.3 is 39.4 Å². The summed E-state index contributed by atoms with van der Waals surface area (Å²) in [5.41, 5.74) is 0. The quantitative estimate of drug-likeness (QED) is 0.0271. The Morgan fingerprint density at radius 3 is 1.49 bits per heavy atom. The first-order valence-electron chi connectivity index (χ1n) is 23.0. The van der Waals surface area contributed by atoms with Crippen molar-refractivity contribution < 1.29 is 49.0 Å². The van der Waals surface area contributed by atoms with Gasteiger partial charge in [0.05, 0.1) is 13.2 Å². The second-order valence-corrected chi connectivity index (χ2v) is 15.5. The summed E-state index contributed by atoms with van der Waals surface area (Å²) in [4.78, 5) is 25.3. The van der Waals surface area contributed by atoms with Crippen LogP contribution in [-0.4, -0.2) is 89.0 Å². The molecule has 0 aliphatic carbocycles. The summed E-state index contributed by atoms with van der Waals surface area (Å²) >= 11 is 0. The summed E-state index contributed by atoms with van der Waals surface area (Å²) < 4.78 is 22.1. The summed E-state index contributed by atoms with van der Waals surface area (Å²) in [7, 11) is 0. The Kier molecular flexibility index (Phi) is 36.1. The molecule has 1 heterocycles. The number of allylic oxidation sites excluding steroid dienone is 12. The van der Waals surface area contributed by atoms with Crippen molar-refractivity contribution in [3.05, 3.63) is 72.9 Å². The average Bonchev–Trinajstić information content (AvgIpc) is 3.23. The number of ether oxygens (including phenoxy) is 4. The van der Waals surface area contributed by atoms with Crippen molar-refractivity contribution in [3.63, 3.8) is 0 Å². The molecule has 0 saturated carbocycles. The summed E-state index contributed by atoms with van der Waals surface area (Å²) in [6.45, 7) is 3.31. The number of hydrogen-bond acceptors (Lipinski definition) is 10. The van der Waals surface area contributed by atoms with Crippen molar-refractivity contribution >= 4 is 11.9 Å². The molecule has 1 aliphatic rings. The summed E-state index contributed by atoms with van der Waals surface area (Å²) in [6, 6.07) is 0. The first-order valence-corrected chi connectivity index (χ1v) is 23.0. The fourth-order valence-electron chi connectivity index (χ4n) is 6.38. The maximum atomic E-state index is 12.8. The lowest BCUT2D eigenvalue weighted by atomic mass is 9.99. The van der Waals surface area contributed by atoms with E-state index in [0.717, 1.165) is 64.2 Å². The zero-order valence-corrected chi connectivity index (χ0v) is 36.7. The zero-order valence-electron chi connectivity index (χ0n) is 36.7. The zero-order chi connectivity index (χ0) is 43.0. The van der Waals surface area contributed by atoms with Gasteiger partial charge in [-0.1, -0.05) is 138 Å². The summed E-state index contributed by atoms with van der Waals surface area (Å²) in [6.07, 6.45) is 41.9. The van der Waals surface area contributed by atoms with E-state index in [2.05, 4.69) is 86.8 Å². The molecular weight excluding hydrogens is 749 g/mol. The molecule has 0 bridgehead atoms. The molecule has 0 spiro atoms. The number of carbonyl (C=O) groups excluding carboxylic acids is 2. The van der Waals surface area contributed by atoms with E-state index in [0.29, 0.717) is 12.8 Å². The molecule has 1 fully saturated rings. The van der Waals surface area contributed by atoms with Crippen LogP contribution in [0.1, 0.15) is 168 Å². The topological polar surface area (TPSA) is 152 Å². The number of carbonyl (C=O) groups is 2. The van der Waals surface area contributed by atoms with Crippen LogP contribution in [0, 0.1) is 0 Å². The van der Waals surface area contributed by atoms with Crippen LogP contribution in [0.4, 0.5) is 0 Å². The minimum Gasteiger partial charge on any atom is -0.462 e. The van der Waals surface area contributed by atoms with Crippen LogP contribution < -0.4 is 0 Å². The minimum absolute atomic E-state index is 0.177. The fraction of sp³-hybridized carbons (Fsp3) is 0.714. The molecule has 1 saturated heterocycles.